The summed E-state index contributed by atoms with van der Waals surface area (Å²) in [6.07, 6.45) is 4.64. The fraction of sp³-hybridized carbons (Fsp3) is 0.632. The second kappa shape index (κ2) is 9.43. The second-order valence-electron chi connectivity index (χ2n) is 6.36. The number of piperidine rings is 1. The van der Waals surface area contributed by atoms with Crippen molar-refractivity contribution in [3.05, 3.63) is 29.8 Å². The van der Waals surface area contributed by atoms with Crippen molar-refractivity contribution in [2.45, 2.75) is 39.5 Å². The van der Waals surface area contributed by atoms with E-state index < -0.39 is 0 Å². The summed E-state index contributed by atoms with van der Waals surface area (Å²) >= 11 is 0. The monoisotopic (exact) mass is 317 g/mol. The van der Waals surface area contributed by atoms with Crippen LogP contribution in [0.4, 0.5) is 0 Å². The minimum Gasteiger partial charge on any atom is -0.497 e. The van der Waals surface area contributed by atoms with Crippen LogP contribution in [0.5, 0.6) is 5.75 Å². The second-order valence-corrected chi connectivity index (χ2v) is 6.36. The molecule has 23 heavy (non-hydrogen) atoms. The lowest BCUT2D eigenvalue weighted by Crippen LogP contribution is -2.45. The highest BCUT2D eigenvalue weighted by Gasteiger charge is 2.18. The van der Waals surface area contributed by atoms with E-state index in [9.17, 15) is 0 Å². The Labute approximate surface area is 140 Å². The molecule has 1 heterocycles. The van der Waals surface area contributed by atoms with Gasteiger partial charge < -0.3 is 15.0 Å². The maximum Gasteiger partial charge on any atom is 0.193 e. The molecule has 0 atom stereocenters. The number of guanidine groups is 1. The van der Waals surface area contributed by atoms with Crippen LogP contribution in [0.15, 0.2) is 29.3 Å². The Bertz CT molecular complexity index is 493. The zero-order valence-corrected chi connectivity index (χ0v) is 14.8. The number of likely N-dealkylation sites (tertiary alicyclic amines) is 1. The smallest absolute Gasteiger partial charge is 0.193 e. The van der Waals surface area contributed by atoms with Gasteiger partial charge in [0.15, 0.2) is 5.96 Å². The molecule has 1 aliphatic heterocycles. The first kappa shape index (κ1) is 17.6. The first-order valence-electron chi connectivity index (χ1n) is 8.89. The van der Waals surface area contributed by atoms with Crippen molar-refractivity contribution in [2.24, 2.45) is 10.9 Å². The number of aliphatic imine (C=N–C) groups is 1. The minimum atomic E-state index is 0.849. The van der Waals surface area contributed by atoms with E-state index in [1.807, 2.05) is 6.07 Å². The molecule has 1 aromatic rings. The quantitative estimate of drug-likeness (QED) is 0.497. The summed E-state index contributed by atoms with van der Waals surface area (Å²) < 4.78 is 5.28. The van der Waals surface area contributed by atoms with Crippen LogP contribution in [0.1, 0.15) is 38.7 Å². The third-order valence-electron chi connectivity index (χ3n) is 4.44. The Morgan fingerprint density at radius 1 is 1.35 bits per heavy atom. The average molecular weight is 317 g/mol. The third kappa shape index (κ3) is 5.77. The molecule has 1 aliphatic rings. The summed E-state index contributed by atoms with van der Waals surface area (Å²) in [6, 6.07) is 8.31. The summed E-state index contributed by atoms with van der Waals surface area (Å²) in [5.41, 5.74) is 1.32. The van der Waals surface area contributed by atoms with Gasteiger partial charge in [0, 0.05) is 26.2 Å². The first-order valence-corrected chi connectivity index (χ1v) is 8.89. The first-order chi connectivity index (χ1) is 11.2. The Hall–Kier alpha value is -1.71. The molecule has 1 fully saturated rings. The van der Waals surface area contributed by atoms with E-state index in [2.05, 4.69) is 42.3 Å². The van der Waals surface area contributed by atoms with Gasteiger partial charge in [-0.1, -0.05) is 19.1 Å². The van der Waals surface area contributed by atoms with Crippen molar-refractivity contribution < 1.29 is 4.74 Å². The number of hydrogen-bond acceptors (Lipinski definition) is 2. The molecule has 0 radical (unpaired) electrons. The minimum absolute atomic E-state index is 0.849. The lowest BCUT2D eigenvalue weighted by Gasteiger charge is -2.33. The molecule has 128 valence electrons. The molecule has 0 spiro atoms. The van der Waals surface area contributed by atoms with E-state index in [1.54, 1.807) is 7.11 Å². The summed E-state index contributed by atoms with van der Waals surface area (Å²) in [6.45, 7) is 8.53. The Morgan fingerprint density at radius 3 is 2.83 bits per heavy atom. The lowest BCUT2D eigenvalue weighted by atomic mass is 10.00. The van der Waals surface area contributed by atoms with Crippen molar-refractivity contribution in [2.75, 3.05) is 33.3 Å². The molecule has 4 nitrogen and oxygen atoms in total. The molecule has 0 saturated carbocycles. The van der Waals surface area contributed by atoms with Crippen LogP contribution in [-0.4, -0.2) is 44.1 Å². The summed E-state index contributed by atoms with van der Waals surface area (Å²) in [4.78, 5) is 7.23. The van der Waals surface area contributed by atoms with E-state index >= 15 is 0 Å². The highest BCUT2D eigenvalue weighted by atomic mass is 16.5. The summed E-state index contributed by atoms with van der Waals surface area (Å²) in [7, 11) is 1.71. The van der Waals surface area contributed by atoms with Gasteiger partial charge in [0.25, 0.3) is 0 Å². The topological polar surface area (TPSA) is 36.9 Å². The number of benzene rings is 1. The average Bonchev–Trinajstić information content (AvgIpc) is 2.58. The molecule has 0 aromatic heterocycles. The van der Waals surface area contributed by atoms with Crippen LogP contribution >= 0.6 is 0 Å². The van der Waals surface area contributed by atoms with Crippen LogP contribution < -0.4 is 10.1 Å². The maximum atomic E-state index is 5.28. The lowest BCUT2D eigenvalue weighted by molar-refractivity contribution is 0.273. The van der Waals surface area contributed by atoms with Gasteiger partial charge in [0.05, 0.1) is 7.11 Å². The number of methoxy groups -OCH3 is 1. The molecule has 0 unspecified atom stereocenters. The number of nitrogens with one attached hydrogen (secondary N) is 1. The third-order valence-corrected chi connectivity index (χ3v) is 4.44. The zero-order chi connectivity index (χ0) is 16.5. The maximum absolute atomic E-state index is 5.28. The van der Waals surface area contributed by atoms with Gasteiger partial charge in [-0.3, -0.25) is 4.99 Å². The standard InChI is InChI=1S/C19H31N3O/c1-4-20-19(22-13-10-16(2)11-14-22)21-12-6-8-17-7-5-9-18(15-17)23-3/h5,7,9,15-16H,4,6,8,10-14H2,1-3H3,(H,20,21). The molecule has 0 aliphatic carbocycles. The highest BCUT2D eigenvalue weighted by molar-refractivity contribution is 5.80. The molecular weight excluding hydrogens is 286 g/mol. The fourth-order valence-corrected chi connectivity index (χ4v) is 2.94. The fourth-order valence-electron chi connectivity index (χ4n) is 2.94. The van der Waals surface area contributed by atoms with E-state index in [-0.39, 0.29) is 0 Å². The van der Waals surface area contributed by atoms with Crippen LogP contribution in [-0.2, 0) is 6.42 Å². The number of nitrogens with zero attached hydrogens (tertiary/aromatic N) is 2. The molecular formula is C19H31N3O. The Kier molecular flexibility index (Phi) is 7.24. The van der Waals surface area contributed by atoms with Crippen LogP contribution in [0.2, 0.25) is 0 Å². The van der Waals surface area contributed by atoms with Gasteiger partial charge >= 0.3 is 0 Å². The summed E-state index contributed by atoms with van der Waals surface area (Å²) in [5, 5.41) is 3.44. The number of hydrogen-bond donors (Lipinski definition) is 1. The van der Waals surface area contributed by atoms with Gasteiger partial charge in [0.2, 0.25) is 0 Å². The Morgan fingerprint density at radius 2 is 2.13 bits per heavy atom. The van der Waals surface area contributed by atoms with E-state index in [0.29, 0.717) is 0 Å². The zero-order valence-electron chi connectivity index (χ0n) is 14.8. The van der Waals surface area contributed by atoms with Crippen molar-refractivity contribution in [3.8, 4) is 5.75 Å². The van der Waals surface area contributed by atoms with Gasteiger partial charge in [-0.15, -0.1) is 0 Å². The van der Waals surface area contributed by atoms with E-state index in [1.165, 1.54) is 18.4 Å². The predicted molar refractivity (Wildman–Crippen MR) is 97.3 cm³/mol. The molecule has 1 aromatic carbocycles. The molecule has 0 amide bonds. The molecule has 4 heteroatoms. The number of ether oxygens (including phenoxy) is 1. The number of aryl methyl sites for hydroxylation is 1. The largest absolute Gasteiger partial charge is 0.497 e. The summed E-state index contributed by atoms with van der Waals surface area (Å²) in [5.74, 6) is 2.87. The molecule has 1 saturated heterocycles. The number of rotatable bonds is 6. The van der Waals surface area contributed by atoms with Gasteiger partial charge in [-0.25, -0.2) is 0 Å². The van der Waals surface area contributed by atoms with Crippen LogP contribution in [0.25, 0.3) is 0 Å². The molecule has 2 rings (SSSR count). The molecule has 1 N–H and O–H groups in total. The van der Waals surface area contributed by atoms with Crippen molar-refractivity contribution in [3.63, 3.8) is 0 Å². The predicted octanol–water partition coefficient (Wildman–Crippen LogP) is 3.33. The van der Waals surface area contributed by atoms with Crippen molar-refractivity contribution >= 4 is 5.96 Å². The normalized spacial score (nSPS) is 16.5. The van der Waals surface area contributed by atoms with Crippen molar-refractivity contribution in [1.29, 1.82) is 0 Å². The van der Waals surface area contributed by atoms with E-state index in [4.69, 9.17) is 9.73 Å². The van der Waals surface area contributed by atoms with Crippen molar-refractivity contribution in [1.82, 2.24) is 10.2 Å². The Balaban J connectivity index is 1.83. The van der Waals surface area contributed by atoms with Gasteiger partial charge in [-0.2, -0.15) is 0 Å². The van der Waals surface area contributed by atoms with Crippen LogP contribution in [0, 0.1) is 5.92 Å². The SMILES string of the molecule is CCNC(=NCCCc1cccc(OC)c1)N1CCC(C)CC1. The van der Waals surface area contributed by atoms with Gasteiger partial charge in [-0.05, 0) is 56.2 Å². The molecule has 0 bridgehead atoms. The van der Waals surface area contributed by atoms with E-state index in [0.717, 1.165) is 56.6 Å². The van der Waals surface area contributed by atoms with Crippen LogP contribution in [0.3, 0.4) is 0 Å². The van der Waals surface area contributed by atoms with Gasteiger partial charge in [0.1, 0.15) is 5.75 Å². The highest BCUT2D eigenvalue weighted by Crippen LogP contribution is 2.16.